The molecule has 0 saturated carbocycles. The van der Waals surface area contributed by atoms with Gasteiger partial charge in [0.1, 0.15) is 19.0 Å². The number of hydrogen-bond donors (Lipinski definition) is 2. The van der Waals surface area contributed by atoms with E-state index in [1.54, 1.807) is 6.07 Å². The van der Waals surface area contributed by atoms with Crippen molar-refractivity contribution >= 4 is 15.9 Å². The molecule has 4 atom stereocenters. The van der Waals surface area contributed by atoms with Crippen molar-refractivity contribution in [1.82, 2.24) is 9.62 Å². The average Bonchev–Trinajstić information content (AvgIpc) is 3.15. The topological polar surface area (TPSA) is 111 Å². The van der Waals surface area contributed by atoms with Crippen LogP contribution < -0.4 is 19.9 Å². The highest BCUT2D eigenvalue weighted by Crippen LogP contribution is 2.40. The number of nitrogens with two attached hydrogens (primary N) is 1. The number of nitrogens with one attached hydrogen (secondary N) is 1. The van der Waals surface area contributed by atoms with Crippen molar-refractivity contribution in [1.29, 1.82) is 0 Å². The normalized spacial score (nSPS) is 23.4. The Morgan fingerprint density at radius 1 is 1.00 bits per heavy atom. The summed E-state index contributed by atoms with van der Waals surface area (Å²) in [5.74, 6) is -2.47. The maximum absolute atomic E-state index is 14.1. The van der Waals surface area contributed by atoms with E-state index in [-0.39, 0.29) is 53.8 Å². The molecule has 12 heteroatoms. The average molecular weight is 554 g/mol. The van der Waals surface area contributed by atoms with Crippen molar-refractivity contribution in [3.05, 3.63) is 53.3 Å². The summed E-state index contributed by atoms with van der Waals surface area (Å²) in [4.78, 5) is 14.9. The second-order valence-corrected chi connectivity index (χ2v) is 11.9. The number of carbonyl (C=O) groups excluding carboxylic acids is 1. The number of halogens is 3. The number of benzene rings is 2. The van der Waals surface area contributed by atoms with E-state index in [2.05, 4.69) is 4.72 Å². The molecule has 3 N–H and O–H groups in total. The van der Waals surface area contributed by atoms with Crippen LogP contribution in [0.2, 0.25) is 0 Å². The predicted molar refractivity (Wildman–Crippen MR) is 132 cm³/mol. The first-order chi connectivity index (χ1) is 18.1. The van der Waals surface area contributed by atoms with Gasteiger partial charge in [-0.2, -0.15) is 0 Å². The van der Waals surface area contributed by atoms with Crippen LogP contribution in [-0.2, 0) is 21.2 Å². The van der Waals surface area contributed by atoms with Crippen molar-refractivity contribution in [2.75, 3.05) is 19.8 Å². The lowest BCUT2D eigenvalue weighted by Gasteiger charge is -2.41. The van der Waals surface area contributed by atoms with E-state index < -0.39 is 33.5 Å². The zero-order chi connectivity index (χ0) is 27.0. The van der Waals surface area contributed by atoms with Crippen molar-refractivity contribution in [2.24, 2.45) is 11.7 Å². The fourth-order valence-corrected chi connectivity index (χ4v) is 6.86. The van der Waals surface area contributed by atoms with Gasteiger partial charge in [0.15, 0.2) is 23.1 Å². The van der Waals surface area contributed by atoms with Gasteiger partial charge in [0.2, 0.25) is 15.9 Å². The summed E-state index contributed by atoms with van der Waals surface area (Å²) in [6.45, 7) is 0.686. The first kappa shape index (κ1) is 26.8. The van der Waals surface area contributed by atoms with Gasteiger partial charge >= 0.3 is 0 Å². The van der Waals surface area contributed by atoms with Crippen molar-refractivity contribution in [3.63, 3.8) is 0 Å². The van der Waals surface area contributed by atoms with Gasteiger partial charge in [-0.3, -0.25) is 4.79 Å². The van der Waals surface area contributed by atoms with Gasteiger partial charge < -0.3 is 20.1 Å². The van der Waals surface area contributed by atoms with Crippen molar-refractivity contribution in [2.45, 2.75) is 61.5 Å². The molecule has 3 aliphatic rings. The molecule has 0 aromatic heterocycles. The Bertz CT molecular complexity index is 1310. The fraction of sp³-hybridized carbons (Fsp3) is 0.500. The number of rotatable bonds is 8. The molecule has 5 rings (SSSR count). The zero-order valence-electron chi connectivity index (χ0n) is 20.7. The molecule has 2 aromatic carbocycles. The van der Waals surface area contributed by atoms with Crippen LogP contribution in [0.5, 0.6) is 11.5 Å². The Morgan fingerprint density at radius 3 is 2.37 bits per heavy atom. The molecule has 8 nitrogen and oxygen atoms in total. The van der Waals surface area contributed by atoms with E-state index in [4.69, 9.17) is 15.2 Å². The Balaban J connectivity index is 1.15. The van der Waals surface area contributed by atoms with Crippen LogP contribution >= 0.6 is 0 Å². The van der Waals surface area contributed by atoms with Gasteiger partial charge in [-0.25, -0.2) is 26.3 Å². The highest BCUT2D eigenvalue weighted by molar-refractivity contribution is 7.89. The molecule has 3 aliphatic heterocycles. The molecule has 2 fully saturated rings. The SMILES string of the molecule is N[C@H](Cc1cc(F)c(F)cc1F)C1C[C@H]2CC[C@@H](C1)N2C(=O)CCNS(=O)(=O)c1ccc2c(c1)OCCO2. The quantitative estimate of drug-likeness (QED) is 0.487. The predicted octanol–water partition coefficient (Wildman–Crippen LogP) is 2.88. The van der Waals surface area contributed by atoms with Gasteiger partial charge in [-0.05, 0) is 61.8 Å². The van der Waals surface area contributed by atoms with Crippen LogP contribution in [0, 0.1) is 23.4 Å². The third-order valence-electron chi connectivity index (χ3n) is 7.66. The standard InChI is InChI=1S/C26H30F3N3O5S/c27-20-14-22(29)21(28)11-15(20)12-23(30)16-9-17-1-2-18(10-16)32(17)26(33)5-6-31-38(34,35)19-3-4-24-25(13-19)37-8-7-36-24/h3-4,11,13-14,16-18,23,31H,1-2,5-10,12,30H2/t16?,17-,18+,23-/m1/s1. The molecule has 38 heavy (non-hydrogen) atoms. The van der Waals surface area contributed by atoms with Gasteiger partial charge in [-0.15, -0.1) is 0 Å². The second-order valence-electron chi connectivity index (χ2n) is 10.1. The van der Waals surface area contributed by atoms with Gasteiger partial charge in [0, 0.05) is 43.2 Å². The summed E-state index contributed by atoms with van der Waals surface area (Å²) in [7, 11) is -3.84. The maximum atomic E-state index is 14.1. The van der Waals surface area contributed by atoms with E-state index in [0.717, 1.165) is 18.9 Å². The number of amides is 1. The minimum atomic E-state index is -3.84. The minimum absolute atomic E-state index is 0.00206. The molecule has 0 spiro atoms. The monoisotopic (exact) mass is 553 g/mol. The summed E-state index contributed by atoms with van der Waals surface area (Å²) in [5.41, 5.74) is 6.39. The van der Waals surface area contributed by atoms with Crippen LogP contribution in [0.15, 0.2) is 35.2 Å². The largest absolute Gasteiger partial charge is 0.486 e. The summed E-state index contributed by atoms with van der Waals surface area (Å²) >= 11 is 0. The van der Waals surface area contributed by atoms with Gasteiger partial charge in [0.05, 0.1) is 4.90 Å². The van der Waals surface area contributed by atoms with E-state index in [9.17, 15) is 26.4 Å². The number of carbonyl (C=O) groups is 1. The molecule has 2 aromatic rings. The molecular weight excluding hydrogens is 523 g/mol. The van der Waals surface area contributed by atoms with Crippen LogP contribution in [0.4, 0.5) is 13.2 Å². The first-order valence-corrected chi connectivity index (χ1v) is 14.2. The molecule has 2 saturated heterocycles. The highest BCUT2D eigenvalue weighted by atomic mass is 32.2. The molecule has 0 radical (unpaired) electrons. The van der Waals surface area contributed by atoms with E-state index >= 15 is 0 Å². The van der Waals surface area contributed by atoms with Crippen LogP contribution in [0.3, 0.4) is 0 Å². The summed E-state index contributed by atoms with van der Waals surface area (Å²) in [6, 6.07) is 5.21. The van der Waals surface area contributed by atoms with Gasteiger partial charge in [-0.1, -0.05) is 0 Å². The molecule has 3 heterocycles. The molecule has 1 amide bonds. The van der Waals surface area contributed by atoms with Crippen LogP contribution in [0.25, 0.3) is 0 Å². The van der Waals surface area contributed by atoms with Crippen molar-refractivity contribution < 1.29 is 35.9 Å². The summed E-state index contributed by atoms with van der Waals surface area (Å²) < 4.78 is 79.8. The van der Waals surface area contributed by atoms with Crippen LogP contribution in [0.1, 0.15) is 37.7 Å². The smallest absolute Gasteiger partial charge is 0.240 e. The van der Waals surface area contributed by atoms with E-state index in [0.29, 0.717) is 43.6 Å². The number of nitrogens with zero attached hydrogens (tertiary/aromatic N) is 1. The lowest BCUT2D eigenvalue weighted by atomic mass is 9.82. The molecule has 1 unspecified atom stereocenters. The maximum Gasteiger partial charge on any atom is 0.240 e. The highest BCUT2D eigenvalue weighted by Gasteiger charge is 2.44. The first-order valence-electron chi connectivity index (χ1n) is 12.7. The Hall–Kier alpha value is -2.83. The lowest BCUT2D eigenvalue weighted by molar-refractivity contribution is -0.136. The fourth-order valence-electron chi connectivity index (χ4n) is 5.81. The Kier molecular flexibility index (Phi) is 7.56. The second kappa shape index (κ2) is 10.7. The third-order valence-corrected chi connectivity index (χ3v) is 9.12. The van der Waals surface area contributed by atoms with E-state index in [1.165, 1.54) is 12.1 Å². The molecule has 206 valence electrons. The molecule has 0 aliphatic carbocycles. The number of ether oxygens (including phenoxy) is 2. The molecule has 2 bridgehead atoms. The van der Waals surface area contributed by atoms with Crippen LogP contribution in [-0.4, -0.2) is 57.1 Å². The number of sulfonamides is 1. The summed E-state index contributed by atoms with van der Waals surface area (Å²) in [5, 5.41) is 0. The lowest BCUT2D eigenvalue weighted by Crippen LogP contribution is -2.50. The Morgan fingerprint density at radius 2 is 1.66 bits per heavy atom. The number of fused-ring (bicyclic) bond motifs is 3. The zero-order valence-corrected chi connectivity index (χ0v) is 21.5. The van der Waals surface area contributed by atoms with E-state index in [1.807, 2.05) is 4.90 Å². The third kappa shape index (κ3) is 5.48. The minimum Gasteiger partial charge on any atom is -0.486 e. The summed E-state index contributed by atoms with van der Waals surface area (Å²) in [6.07, 6.45) is 2.94. The Labute approximate surface area is 219 Å². The molecular formula is C26H30F3N3O5S. The van der Waals surface area contributed by atoms with Gasteiger partial charge in [0.25, 0.3) is 0 Å². The van der Waals surface area contributed by atoms with Crippen molar-refractivity contribution in [3.8, 4) is 11.5 Å². The number of hydrogen-bond acceptors (Lipinski definition) is 6. The number of piperidine rings is 1.